The molecule has 0 unspecified atom stereocenters. The number of aromatic nitrogens is 2. The standard InChI is InChI=1S/C12H20N4OS/c1-10(2)16-11(4-5-13-16)14-12(17)15-6-3-8-18-9-7-15/h4-5,10H,3,6-9H2,1-2H3,(H,14,17). The SMILES string of the molecule is CC(C)n1nccc1NC(=O)N1CCCSCC1. The van der Waals surface area contributed by atoms with E-state index in [1.807, 2.05) is 41.3 Å². The lowest BCUT2D eigenvalue weighted by Gasteiger charge is -2.21. The van der Waals surface area contributed by atoms with Crippen LogP contribution in [0.5, 0.6) is 0 Å². The van der Waals surface area contributed by atoms with E-state index in [1.54, 1.807) is 6.20 Å². The van der Waals surface area contributed by atoms with Crippen molar-refractivity contribution in [2.45, 2.75) is 26.3 Å². The Balaban J connectivity index is 1.99. The number of amides is 2. The van der Waals surface area contributed by atoms with Crippen molar-refractivity contribution in [2.75, 3.05) is 29.9 Å². The van der Waals surface area contributed by atoms with Crippen molar-refractivity contribution in [3.8, 4) is 0 Å². The van der Waals surface area contributed by atoms with Crippen LogP contribution in [-0.2, 0) is 0 Å². The molecule has 2 rings (SSSR count). The van der Waals surface area contributed by atoms with Crippen LogP contribution in [0.2, 0.25) is 0 Å². The summed E-state index contributed by atoms with van der Waals surface area (Å²) in [7, 11) is 0. The molecule has 0 bridgehead atoms. The quantitative estimate of drug-likeness (QED) is 0.896. The number of carbonyl (C=O) groups is 1. The third-order valence-electron chi connectivity index (χ3n) is 2.90. The molecular formula is C12H20N4OS. The Bertz CT molecular complexity index is 397. The molecule has 0 aliphatic carbocycles. The number of carbonyl (C=O) groups excluding carboxylic acids is 1. The van der Waals surface area contributed by atoms with Gasteiger partial charge in [0.05, 0.1) is 6.20 Å². The van der Waals surface area contributed by atoms with Crippen LogP contribution in [0.1, 0.15) is 26.3 Å². The van der Waals surface area contributed by atoms with Crippen molar-refractivity contribution in [3.63, 3.8) is 0 Å². The molecule has 0 radical (unpaired) electrons. The number of urea groups is 1. The lowest BCUT2D eigenvalue weighted by atomic mass is 10.4. The summed E-state index contributed by atoms with van der Waals surface area (Å²) in [6.45, 7) is 5.76. The fourth-order valence-corrected chi connectivity index (χ4v) is 2.85. The van der Waals surface area contributed by atoms with E-state index < -0.39 is 0 Å². The summed E-state index contributed by atoms with van der Waals surface area (Å²) in [6, 6.07) is 2.07. The third-order valence-corrected chi connectivity index (χ3v) is 3.95. The maximum Gasteiger partial charge on any atom is 0.323 e. The molecule has 100 valence electrons. The van der Waals surface area contributed by atoms with Crippen molar-refractivity contribution in [2.24, 2.45) is 0 Å². The molecule has 2 heterocycles. The molecule has 2 amide bonds. The molecule has 6 heteroatoms. The highest BCUT2D eigenvalue weighted by Crippen LogP contribution is 2.15. The van der Waals surface area contributed by atoms with E-state index in [0.717, 1.165) is 36.8 Å². The molecule has 18 heavy (non-hydrogen) atoms. The Morgan fingerprint density at radius 3 is 3.06 bits per heavy atom. The van der Waals surface area contributed by atoms with Gasteiger partial charge < -0.3 is 4.90 Å². The zero-order valence-electron chi connectivity index (χ0n) is 10.9. The van der Waals surface area contributed by atoms with Gasteiger partial charge in [-0.2, -0.15) is 16.9 Å². The Kier molecular flexibility index (Phi) is 4.52. The fraction of sp³-hybridized carbons (Fsp3) is 0.667. The predicted molar refractivity (Wildman–Crippen MR) is 75.1 cm³/mol. The second kappa shape index (κ2) is 6.13. The molecule has 1 fully saturated rings. The highest BCUT2D eigenvalue weighted by molar-refractivity contribution is 7.99. The summed E-state index contributed by atoms with van der Waals surface area (Å²) >= 11 is 1.91. The van der Waals surface area contributed by atoms with Gasteiger partial charge in [0.15, 0.2) is 0 Å². The van der Waals surface area contributed by atoms with E-state index in [1.165, 1.54) is 0 Å². The Morgan fingerprint density at radius 2 is 2.28 bits per heavy atom. The van der Waals surface area contributed by atoms with Gasteiger partial charge in [0.25, 0.3) is 0 Å². The van der Waals surface area contributed by atoms with Crippen LogP contribution in [0.3, 0.4) is 0 Å². The van der Waals surface area contributed by atoms with Gasteiger partial charge in [-0.1, -0.05) is 0 Å². The molecule has 5 nitrogen and oxygen atoms in total. The van der Waals surface area contributed by atoms with Crippen molar-refractivity contribution < 1.29 is 4.79 Å². The first kappa shape index (κ1) is 13.3. The summed E-state index contributed by atoms with van der Waals surface area (Å²) in [5.41, 5.74) is 0. The molecule has 1 aromatic heterocycles. The summed E-state index contributed by atoms with van der Waals surface area (Å²) in [5, 5.41) is 7.16. The first-order valence-corrected chi connectivity index (χ1v) is 7.51. The smallest absolute Gasteiger partial charge is 0.323 e. The number of nitrogens with zero attached hydrogens (tertiary/aromatic N) is 3. The number of anilines is 1. The number of hydrogen-bond acceptors (Lipinski definition) is 3. The average Bonchev–Trinajstić information content (AvgIpc) is 2.63. The number of rotatable bonds is 2. The molecule has 0 spiro atoms. The summed E-state index contributed by atoms with van der Waals surface area (Å²) in [5.74, 6) is 2.94. The van der Waals surface area contributed by atoms with Crippen LogP contribution in [0, 0.1) is 0 Å². The predicted octanol–water partition coefficient (Wildman–Crippen LogP) is 2.43. The molecule has 1 aliphatic rings. The second-order valence-electron chi connectivity index (χ2n) is 4.64. The third kappa shape index (κ3) is 3.19. The van der Waals surface area contributed by atoms with Crippen molar-refractivity contribution in [1.29, 1.82) is 0 Å². The van der Waals surface area contributed by atoms with Gasteiger partial charge in [-0.05, 0) is 26.0 Å². The van der Waals surface area contributed by atoms with Crippen LogP contribution in [0.25, 0.3) is 0 Å². The largest absolute Gasteiger partial charge is 0.324 e. The molecule has 0 aromatic carbocycles. The van der Waals surface area contributed by atoms with E-state index in [2.05, 4.69) is 10.4 Å². The lowest BCUT2D eigenvalue weighted by Crippen LogP contribution is -2.37. The Morgan fingerprint density at radius 1 is 1.44 bits per heavy atom. The normalized spacial score (nSPS) is 16.7. The summed E-state index contributed by atoms with van der Waals surface area (Å²) < 4.78 is 1.82. The molecule has 0 saturated carbocycles. The van der Waals surface area contributed by atoms with Crippen LogP contribution < -0.4 is 5.32 Å². The van der Waals surface area contributed by atoms with Gasteiger partial charge in [0.2, 0.25) is 0 Å². The lowest BCUT2D eigenvalue weighted by molar-refractivity contribution is 0.215. The summed E-state index contributed by atoms with van der Waals surface area (Å²) in [4.78, 5) is 14.0. The minimum atomic E-state index is -0.0140. The van der Waals surface area contributed by atoms with Gasteiger partial charge in [0, 0.05) is 31.0 Å². The molecular weight excluding hydrogens is 248 g/mol. The zero-order chi connectivity index (χ0) is 13.0. The van der Waals surface area contributed by atoms with Crippen molar-refractivity contribution in [3.05, 3.63) is 12.3 Å². The first-order valence-electron chi connectivity index (χ1n) is 6.35. The topological polar surface area (TPSA) is 50.2 Å². The zero-order valence-corrected chi connectivity index (χ0v) is 11.7. The van der Waals surface area contributed by atoms with E-state index in [4.69, 9.17) is 0 Å². The van der Waals surface area contributed by atoms with Crippen molar-refractivity contribution in [1.82, 2.24) is 14.7 Å². The second-order valence-corrected chi connectivity index (χ2v) is 5.86. The van der Waals surface area contributed by atoms with Gasteiger partial charge in [-0.3, -0.25) is 5.32 Å². The maximum atomic E-state index is 12.2. The van der Waals surface area contributed by atoms with Gasteiger partial charge in [-0.15, -0.1) is 0 Å². The van der Waals surface area contributed by atoms with E-state index in [0.29, 0.717) is 0 Å². The Hall–Kier alpha value is -1.17. The molecule has 1 aromatic rings. The first-order chi connectivity index (χ1) is 8.68. The molecule has 0 atom stereocenters. The molecule has 1 N–H and O–H groups in total. The van der Waals surface area contributed by atoms with E-state index in [9.17, 15) is 4.79 Å². The van der Waals surface area contributed by atoms with E-state index >= 15 is 0 Å². The fourth-order valence-electron chi connectivity index (χ4n) is 1.96. The van der Waals surface area contributed by atoms with Gasteiger partial charge in [0.1, 0.15) is 5.82 Å². The highest BCUT2D eigenvalue weighted by atomic mass is 32.2. The maximum absolute atomic E-state index is 12.2. The average molecular weight is 268 g/mol. The highest BCUT2D eigenvalue weighted by Gasteiger charge is 2.17. The van der Waals surface area contributed by atoms with E-state index in [-0.39, 0.29) is 12.1 Å². The van der Waals surface area contributed by atoms with Gasteiger partial charge >= 0.3 is 6.03 Å². The number of nitrogens with one attached hydrogen (secondary N) is 1. The molecule has 1 saturated heterocycles. The molecule has 1 aliphatic heterocycles. The summed E-state index contributed by atoms with van der Waals surface area (Å²) in [6.07, 6.45) is 2.79. The van der Waals surface area contributed by atoms with Crippen LogP contribution in [0.15, 0.2) is 12.3 Å². The van der Waals surface area contributed by atoms with Gasteiger partial charge in [-0.25, -0.2) is 9.48 Å². The van der Waals surface area contributed by atoms with Crippen LogP contribution in [-0.4, -0.2) is 45.3 Å². The number of hydrogen-bond donors (Lipinski definition) is 1. The monoisotopic (exact) mass is 268 g/mol. The van der Waals surface area contributed by atoms with Crippen LogP contribution in [0.4, 0.5) is 10.6 Å². The van der Waals surface area contributed by atoms with Crippen molar-refractivity contribution >= 4 is 23.6 Å². The van der Waals surface area contributed by atoms with Crippen LogP contribution >= 0.6 is 11.8 Å². The minimum Gasteiger partial charge on any atom is -0.324 e. The minimum absolute atomic E-state index is 0.0140. The number of thioether (sulfide) groups is 1. The Labute approximate surface area is 112 Å².